The van der Waals surface area contributed by atoms with Gasteiger partial charge in [0.2, 0.25) is 5.91 Å². The van der Waals surface area contributed by atoms with Crippen molar-refractivity contribution in [3.8, 4) is 0 Å². The zero-order valence-corrected chi connectivity index (χ0v) is 10.1. The second-order valence-corrected chi connectivity index (χ2v) is 4.19. The molecule has 0 bridgehead atoms. The van der Waals surface area contributed by atoms with Crippen molar-refractivity contribution in [3.63, 3.8) is 0 Å². The number of aryl methyl sites for hydroxylation is 1. The molecular formula is C14H16N2O. The van der Waals surface area contributed by atoms with E-state index in [9.17, 15) is 4.79 Å². The van der Waals surface area contributed by atoms with Gasteiger partial charge in [0.1, 0.15) is 0 Å². The molecule has 1 amide bonds. The smallest absolute Gasteiger partial charge is 0.240 e. The third-order valence-corrected chi connectivity index (χ3v) is 2.92. The van der Waals surface area contributed by atoms with E-state index in [1.165, 1.54) is 10.9 Å². The van der Waals surface area contributed by atoms with Gasteiger partial charge in [-0.05, 0) is 29.8 Å². The Morgan fingerprint density at radius 3 is 2.53 bits per heavy atom. The van der Waals surface area contributed by atoms with Crippen LogP contribution in [0.25, 0.3) is 10.8 Å². The molecule has 0 aliphatic rings. The van der Waals surface area contributed by atoms with Crippen molar-refractivity contribution in [1.29, 1.82) is 0 Å². The highest BCUT2D eigenvalue weighted by atomic mass is 16.2. The van der Waals surface area contributed by atoms with E-state index >= 15 is 0 Å². The summed E-state index contributed by atoms with van der Waals surface area (Å²) in [5.41, 5.74) is 7.46. The predicted octanol–water partition coefficient (Wildman–Crippen LogP) is 2.07. The summed E-state index contributed by atoms with van der Waals surface area (Å²) in [6.45, 7) is 2.10. The number of nitrogens with zero attached hydrogens (tertiary/aromatic N) is 1. The van der Waals surface area contributed by atoms with E-state index in [1.54, 1.807) is 11.9 Å². The predicted molar refractivity (Wildman–Crippen MR) is 71.1 cm³/mol. The molecule has 0 atom stereocenters. The second kappa shape index (κ2) is 4.55. The van der Waals surface area contributed by atoms with Crippen LogP contribution in [0.4, 0.5) is 5.69 Å². The van der Waals surface area contributed by atoms with Crippen molar-refractivity contribution < 1.29 is 4.79 Å². The molecule has 2 aromatic rings. The number of carbonyl (C=O) groups is 1. The van der Waals surface area contributed by atoms with E-state index in [-0.39, 0.29) is 12.5 Å². The summed E-state index contributed by atoms with van der Waals surface area (Å²) in [6, 6.07) is 12.2. The standard InChI is InChI=1S/C14H16N2O/c1-10-3-4-12-8-13(6-5-11(12)7-10)16(2)14(17)9-15/h3-8H,9,15H2,1-2H3. The first kappa shape index (κ1) is 11.6. The molecule has 0 unspecified atom stereocenters. The lowest BCUT2D eigenvalue weighted by Gasteiger charge is -2.16. The molecule has 3 heteroatoms. The average molecular weight is 228 g/mol. The minimum absolute atomic E-state index is 0.0302. The summed E-state index contributed by atoms with van der Waals surface area (Å²) in [6.07, 6.45) is 0. The van der Waals surface area contributed by atoms with Gasteiger partial charge in [0.25, 0.3) is 0 Å². The van der Waals surface area contributed by atoms with Crippen LogP contribution >= 0.6 is 0 Å². The van der Waals surface area contributed by atoms with Crippen molar-refractivity contribution in [2.24, 2.45) is 5.73 Å². The molecule has 0 spiro atoms. The monoisotopic (exact) mass is 228 g/mol. The summed E-state index contributed by atoms with van der Waals surface area (Å²) < 4.78 is 0. The van der Waals surface area contributed by atoms with Gasteiger partial charge in [-0.15, -0.1) is 0 Å². The number of hydrogen-bond donors (Lipinski definition) is 1. The normalized spacial score (nSPS) is 10.5. The summed E-state index contributed by atoms with van der Waals surface area (Å²) in [7, 11) is 1.74. The molecular weight excluding hydrogens is 212 g/mol. The van der Waals surface area contributed by atoms with Crippen LogP contribution in [0.2, 0.25) is 0 Å². The van der Waals surface area contributed by atoms with Gasteiger partial charge in [-0.2, -0.15) is 0 Å². The molecule has 0 aliphatic heterocycles. The summed E-state index contributed by atoms with van der Waals surface area (Å²) >= 11 is 0. The van der Waals surface area contributed by atoms with Crippen molar-refractivity contribution in [1.82, 2.24) is 0 Å². The molecule has 0 heterocycles. The fourth-order valence-electron chi connectivity index (χ4n) is 1.84. The highest BCUT2D eigenvalue weighted by Crippen LogP contribution is 2.22. The first-order valence-electron chi connectivity index (χ1n) is 5.59. The number of carbonyl (C=O) groups excluding carboxylic acids is 1. The maximum Gasteiger partial charge on any atom is 0.240 e. The topological polar surface area (TPSA) is 46.3 Å². The van der Waals surface area contributed by atoms with Gasteiger partial charge in [-0.1, -0.05) is 29.8 Å². The van der Waals surface area contributed by atoms with Gasteiger partial charge >= 0.3 is 0 Å². The minimum Gasteiger partial charge on any atom is -0.322 e. The lowest BCUT2D eigenvalue weighted by molar-refractivity contribution is -0.117. The molecule has 3 nitrogen and oxygen atoms in total. The zero-order valence-electron chi connectivity index (χ0n) is 10.1. The molecule has 17 heavy (non-hydrogen) atoms. The number of benzene rings is 2. The van der Waals surface area contributed by atoms with Crippen LogP contribution in [0, 0.1) is 6.92 Å². The number of nitrogens with two attached hydrogens (primary N) is 1. The number of amides is 1. The molecule has 2 N–H and O–H groups in total. The van der Waals surface area contributed by atoms with Crippen LogP contribution < -0.4 is 10.6 Å². The molecule has 0 radical (unpaired) electrons. The minimum atomic E-state index is -0.0866. The maximum atomic E-state index is 11.5. The van der Waals surface area contributed by atoms with Gasteiger partial charge in [0.05, 0.1) is 6.54 Å². The van der Waals surface area contributed by atoms with Crippen LogP contribution in [0.5, 0.6) is 0 Å². The highest BCUT2D eigenvalue weighted by Gasteiger charge is 2.08. The van der Waals surface area contributed by atoms with E-state index < -0.39 is 0 Å². The number of fused-ring (bicyclic) bond motifs is 1. The second-order valence-electron chi connectivity index (χ2n) is 4.19. The Kier molecular flexibility index (Phi) is 3.11. The van der Waals surface area contributed by atoms with Crippen LogP contribution in [0.1, 0.15) is 5.56 Å². The molecule has 0 fully saturated rings. The third-order valence-electron chi connectivity index (χ3n) is 2.92. The summed E-state index contributed by atoms with van der Waals surface area (Å²) in [5.74, 6) is -0.0866. The number of likely N-dealkylation sites (N-methyl/N-ethyl adjacent to an activating group) is 1. The van der Waals surface area contributed by atoms with Crippen molar-refractivity contribution >= 4 is 22.4 Å². The fourth-order valence-corrected chi connectivity index (χ4v) is 1.84. The molecule has 2 aromatic carbocycles. The van der Waals surface area contributed by atoms with Gasteiger partial charge in [0.15, 0.2) is 0 Å². The number of hydrogen-bond acceptors (Lipinski definition) is 2. The van der Waals surface area contributed by atoms with Crippen molar-refractivity contribution in [3.05, 3.63) is 42.0 Å². The lowest BCUT2D eigenvalue weighted by Crippen LogP contribution is -2.32. The van der Waals surface area contributed by atoms with Crippen molar-refractivity contribution in [2.45, 2.75) is 6.92 Å². The quantitative estimate of drug-likeness (QED) is 0.855. The Morgan fingerprint density at radius 1 is 1.18 bits per heavy atom. The molecule has 88 valence electrons. The highest BCUT2D eigenvalue weighted by molar-refractivity contribution is 5.97. The Labute approximate surface area is 101 Å². The van der Waals surface area contributed by atoms with Crippen molar-refractivity contribution in [2.75, 3.05) is 18.5 Å². The van der Waals surface area contributed by atoms with E-state index in [2.05, 4.69) is 25.1 Å². The van der Waals surface area contributed by atoms with Crippen LogP contribution in [0.15, 0.2) is 36.4 Å². The summed E-state index contributed by atoms with van der Waals surface area (Å²) in [4.78, 5) is 13.1. The fraction of sp³-hybridized carbons (Fsp3) is 0.214. The third kappa shape index (κ3) is 2.29. The Morgan fingerprint density at radius 2 is 1.82 bits per heavy atom. The Hall–Kier alpha value is -1.87. The first-order chi connectivity index (χ1) is 8.11. The Bertz CT molecular complexity index is 563. The number of rotatable bonds is 2. The van der Waals surface area contributed by atoms with E-state index in [0.29, 0.717) is 0 Å². The van der Waals surface area contributed by atoms with Gasteiger partial charge < -0.3 is 10.6 Å². The van der Waals surface area contributed by atoms with Crippen LogP contribution in [-0.2, 0) is 4.79 Å². The van der Waals surface area contributed by atoms with Crippen LogP contribution in [-0.4, -0.2) is 19.5 Å². The first-order valence-corrected chi connectivity index (χ1v) is 5.59. The lowest BCUT2D eigenvalue weighted by atomic mass is 10.1. The van der Waals surface area contributed by atoms with Gasteiger partial charge in [-0.25, -0.2) is 0 Å². The van der Waals surface area contributed by atoms with E-state index in [4.69, 9.17) is 5.73 Å². The average Bonchev–Trinajstić information content (AvgIpc) is 2.36. The largest absolute Gasteiger partial charge is 0.322 e. The molecule has 2 rings (SSSR count). The van der Waals surface area contributed by atoms with E-state index in [0.717, 1.165) is 11.1 Å². The van der Waals surface area contributed by atoms with E-state index in [1.807, 2.05) is 18.2 Å². The Balaban J connectivity index is 2.44. The van der Waals surface area contributed by atoms with Gasteiger partial charge in [0, 0.05) is 12.7 Å². The number of anilines is 1. The van der Waals surface area contributed by atoms with Gasteiger partial charge in [-0.3, -0.25) is 4.79 Å². The SMILES string of the molecule is Cc1ccc2cc(N(C)C(=O)CN)ccc2c1. The molecule has 0 aliphatic carbocycles. The molecule has 0 saturated heterocycles. The zero-order chi connectivity index (χ0) is 12.4. The molecule has 0 aromatic heterocycles. The molecule has 0 saturated carbocycles. The maximum absolute atomic E-state index is 11.5. The summed E-state index contributed by atoms with van der Waals surface area (Å²) in [5, 5.41) is 2.31. The van der Waals surface area contributed by atoms with Crippen LogP contribution in [0.3, 0.4) is 0 Å².